The van der Waals surface area contributed by atoms with Crippen molar-refractivity contribution in [3.8, 4) is 5.75 Å². The Morgan fingerprint density at radius 1 is 1.12 bits per heavy atom. The zero-order valence-corrected chi connectivity index (χ0v) is 16.1. The van der Waals surface area contributed by atoms with Gasteiger partial charge in [-0.15, -0.1) is 4.83 Å². The van der Waals surface area contributed by atoms with Crippen molar-refractivity contribution in [3.05, 3.63) is 59.1 Å². The van der Waals surface area contributed by atoms with Crippen molar-refractivity contribution in [1.29, 1.82) is 0 Å². The van der Waals surface area contributed by atoms with E-state index < -0.39 is 15.9 Å². The van der Waals surface area contributed by atoms with Crippen LogP contribution in [0.2, 0.25) is 5.02 Å². The molecule has 2 aromatic rings. The van der Waals surface area contributed by atoms with Crippen molar-refractivity contribution in [2.75, 3.05) is 6.61 Å². The number of ether oxygens (including phenoxy) is 1. The van der Waals surface area contributed by atoms with Gasteiger partial charge >= 0.3 is 0 Å². The maximum Gasteiger partial charge on any atom is 0.266 e. The van der Waals surface area contributed by atoms with Crippen molar-refractivity contribution < 1.29 is 17.9 Å². The summed E-state index contributed by atoms with van der Waals surface area (Å²) in [4.78, 5) is 14.0. The lowest BCUT2D eigenvalue weighted by molar-refractivity contribution is 0.0945. The van der Waals surface area contributed by atoms with Crippen molar-refractivity contribution in [2.24, 2.45) is 5.92 Å². The van der Waals surface area contributed by atoms with Crippen LogP contribution in [0.3, 0.4) is 0 Å². The average molecular weight is 397 g/mol. The summed E-state index contributed by atoms with van der Waals surface area (Å²) in [5, 5.41) is 0.0668. The highest BCUT2D eigenvalue weighted by molar-refractivity contribution is 7.89. The topological polar surface area (TPSA) is 84.5 Å². The highest BCUT2D eigenvalue weighted by atomic mass is 35.5. The lowest BCUT2D eigenvalue weighted by Crippen LogP contribution is -2.41. The number of carbonyl (C=O) groups excluding carboxylic acids is 1. The molecule has 0 saturated heterocycles. The average Bonchev–Trinajstić information content (AvgIpc) is 2.60. The fourth-order valence-corrected chi connectivity index (χ4v) is 3.38. The number of amides is 1. The van der Waals surface area contributed by atoms with Crippen LogP contribution in [0, 0.1) is 5.92 Å². The molecule has 2 rings (SSSR count). The molecule has 1 amide bonds. The summed E-state index contributed by atoms with van der Waals surface area (Å²) < 4.78 is 30.0. The zero-order chi connectivity index (χ0) is 19.2. The Bertz CT molecular complexity index is 852. The quantitative estimate of drug-likeness (QED) is 0.670. The number of nitrogens with one attached hydrogen (secondary N) is 2. The minimum atomic E-state index is -3.96. The summed E-state index contributed by atoms with van der Waals surface area (Å²) in [6.45, 7) is 4.82. The van der Waals surface area contributed by atoms with Gasteiger partial charge in [-0.05, 0) is 48.7 Å². The number of sulfonamides is 1. The molecule has 0 unspecified atom stereocenters. The van der Waals surface area contributed by atoms with Gasteiger partial charge in [0.05, 0.1) is 11.6 Å². The van der Waals surface area contributed by atoms with E-state index in [4.69, 9.17) is 16.3 Å². The molecule has 26 heavy (non-hydrogen) atoms. The Kier molecular flexibility index (Phi) is 7.02. The van der Waals surface area contributed by atoms with Crippen molar-refractivity contribution >= 4 is 27.5 Å². The number of benzene rings is 2. The van der Waals surface area contributed by atoms with E-state index >= 15 is 0 Å². The molecular weight excluding hydrogens is 376 g/mol. The minimum absolute atomic E-state index is 0.0668. The predicted octanol–water partition coefficient (Wildman–Crippen LogP) is 3.39. The SMILES string of the molecule is CC(C)CCOc1ccc(C(=O)NNS(=O)(=O)c2ccccc2Cl)cc1. The molecular formula is C18H21ClN2O4S. The Balaban J connectivity index is 1.94. The molecule has 0 aliphatic rings. The van der Waals surface area contributed by atoms with Gasteiger partial charge in [-0.2, -0.15) is 0 Å². The Morgan fingerprint density at radius 2 is 1.77 bits per heavy atom. The fourth-order valence-electron chi connectivity index (χ4n) is 2.02. The molecule has 2 N–H and O–H groups in total. The van der Waals surface area contributed by atoms with E-state index in [2.05, 4.69) is 19.3 Å². The first-order valence-electron chi connectivity index (χ1n) is 8.09. The van der Waals surface area contributed by atoms with Crippen molar-refractivity contribution in [2.45, 2.75) is 25.2 Å². The number of rotatable bonds is 8. The number of hydrogen-bond donors (Lipinski definition) is 2. The van der Waals surface area contributed by atoms with Crippen LogP contribution in [0.4, 0.5) is 0 Å². The van der Waals surface area contributed by atoms with Crippen LogP contribution >= 0.6 is 11.6 Å². The molecule has 2 aromatic carbocycles. The lowest BCUT2D eigenvalue weighted by Gasteiger charge is -2.10. The molecule has 0 aliphatic heterocycles. The van der Waals surface area contributed by atoms with Crippen LogP contribution in [0.15, 0.2) is 53.4 Å². The van der Waals surface area contributed by atoms with E-state index in [0.29, 0.717) is 23.8 Å². The van der Waals surface area contributed by atoms with Crippen LogP contribution in [-0.4, -0.2) is 20.9 Å². The van der Waals surface area contributed by atoms with Crippen molar-refractivity contribution in [1.82, 2.24) is 10.3 Å². The van der Waals surface area contributed by atoms with Gasteiger partial charge in [0.25, 0.3) is 15.9 Å². The molecule has 0 atom stereocenters. The third kappa shape index (κ3) is 5.72. The second kappa shape index (κ2) is 9.02. The molecule has 0 spiro atoms. The first-order chi connectivity index (χ1) is 12.3. The van der Waals surface area contributed by atoms with Gasteiger partial charge in [-0.3, -0.25) is 10.2 Å². The third-order valence-corrected chi connectivity index (χ3v) is 5.25. The number of halogens is 1. The van der Waals surface area contributed by atoms with E-state index in [0.717, 1.165) is 6.42 Å². The maximum absolute atomic E-state index is 12.2. The Morgan fingerprint density at radius 3 is 2.38 bits per heavy atom. The summed E-state index contributed by atoms with van der Waals surface area (Å²) in [6.07, 6.45) is 0.937. The molecule has 0 heterocycles. The molecule has 8 heteroatoms. The number of carbonyl (C=O) groups is 1. The highest BCUT2D eigenvalue weighted by Crippen LogP contribution is 2.19. The standard InChI is InChI=1S/C18H21ClN2O4S/c1-13(2)11-12-25-15-9-7-14(8-10-15)18(22)20-21-26(23,24)17-6-4-3-5-16(17)19/h3-10,13,21H,11-12H2,1-2H3,(H,20,22). The molecule has 0 saturated carbocycles. The Labute approximate surface area is 158 Å². The fraction of sp³-hybridized carbons (Fsp3) is 0.278. The summed E-state index contributed by atoms with van der Waals surface area (Å²) in [6, 6.07) is 12.4. The lowest BCUT2D eigenvalue weighted by atomic mass is 10.1. The summed E-state index contributed by atoms with van der Waals surface area (Å²) >= 11 is 5.87. The van der Waals surface area contributed by atoms with Gasteiger partial charge in [-0.1, -0.05) is 37.6 Å². The van der Waals surface area contributed by atoms with E-state index in [-0.39, 0.29) is 9.92 Å². The van der Waals surface area contributed by atoms with Crippen LogP contribution in [0.25, 0.3) is 0 Å². The molecule has 0 bridgehead atoms. The van der Waals surface area contributed by atoms with Crippen LogP contribution in [0.1, 0.15) is 30.6 Å². The van der Waals surface area contributed by atoms with Crippen molar-refractivity contribution in [3.63, 3.8) is 0 Å². The molecule has 0 radical (unpaired) electrons. The number of hydrogen-bond acceptors (Lipinski definition) is 4. The van der Waals surface area contributed by atoms with Crippen LogP contribution in [0.5, 0.6) is 5.75 Å². The third-order valence-electron chi connectivity index (χ3n) is 3.51. The largest absolute Gasteiger partial charge is 0.494 e. The molecule has 0 aliphatic carbocycles. The van der Waals surface area contributed by atoms with Crippen LogP contribution in [-0.2, 0) is 10.0 Å². The van der Waals surface area contributed by atoms with Gasteiger partial charge < -0.3 is 4.74 Å². The van der Waals surface area contributed by atoms with Gasteiger partial charge in [0.2, 0.25) is 0 Å². The molecule has 6 nitrogen and oxygen atoms in total. The van der Waals surface area contributed by atoms with Crippen LogP contribution < -0.4 is 15.0 Å². The van der Waals surface area contributed by atoms with E-state index in [9.17, 15) is 13.2 Å². The minimum Gasteiger partial charge on any atom is -0.494 e. The van der Waals surface area contributed by atoms with E-state index in [1.54, 1.807) is 36.4 Å². The number of hydrazine groups is 1. The smallest absolute Gasteiger partial charge is 0.266 e. The Hall–Kier alpha value is -2.09. The summed E-state index contributed by atoms with van der Waals surface area (Å²) in [7, 11) is -3.96. The van der Waals surface area contributed by atoms with E-state index in [1.165, 1.54) is 12.1 Å². The van der Waals surface area contributed by atoms with Gasteiger partial charge in [-0.25, -0.2) is 8.42 Å². The second-order valence-corrected chi connectivity index (χ2v) is 8.10. The molecule has 0 fully saturated rings. The molecule has 0 aromatic heterocycles. The highest BCUT2D eigenvalue weighted by Gasteiger charge is 2.18. The zero-order valence-electron chi connectivity index (χ0n) is 14.5. The first kappa shape index (κ1) is 20.2. The maximum atomic E-state index is 12.2. The summed E-state index contributed by atoms with van der Waals surface area (Å²) in [5.74, 6) is 0.611. The summed E-state index contributed by atoms with van der Waals surface area (Å²) in [5.41, 5.74) is 2.46. The monoisotopic (exact) mass is 396 g/mol. The normalized spacial score (nSPS) is 11.4. The van der Waals surface area contributed by atoms with Gasteiger partial charge in [0.15, 0.2) is 0 Å². The first-order valence-corrected chi connectivity index (χ1v) is 9.95. The van der Waals surface area contributed by atoms with Gasteiger partial charge in [0, 0.05) is 5.56 Å². The second-order valence-electron chi connectivity index (χ2n) is 6.05. The van der Waals surface area contributed by atoms with Gasteiger partial charge in [0.1, 0.15) is 10.6 Å². The van der Waals surface area contributed by atoms with E-state index in [1.807, 2.05) is 4.83 Å². The predicted molar refractivity (Wildman–Crippen MR) is 101 cm³/mol. The molecule has 140 valence electrons.